The van der Waals surface area contributed by atoms with Crippen molar-refractivity contribution in [2.45, 2.75) is 64.9 Å². The molecule has 2 heterocycles. The van der Waals surface area contributed by atoms with E-state index in [-0.39, 0.29) is 0 Å². The molecule has 1 aliphatic carbocycles. The summed E-state index contributed by atoms with van der Waals surface area (Å²) in [5.74, 6) is 2.20. The van der Waals surface area contributed by atoms with E-state index in [0.29, 0.717) is 11.9 Å². The maximum absolute atomic E-state index is 6.15. The lowest BCUT2D eigenvalue weighted by molar-refractivity contribution is 0.357. The third-order valence-corrected chi connectivity index (χ3v) is 4.96. The standard InChI is InChI=1S/C15H23ClN4/c1-4-19-15-14(10(2)18-19)17-13(9-16)20(15)11(3)12-7-5-6-8-12/h11-12H,4-9H2,1-3H3. The van der Waals surface area contributed by atoms with Gasteiger partial charge in [0.25, 0.3) is 0 Å². The number of fused-ring (bicyclic) bond motifs is 1. The number of hydrogen-bond donors (Lipinski definition) is 0. The molecule has 0 saturated heterocycles. The zero-order valence-corrected chi connectivity index (χ0v) is 13.3. The molecule has 0 spiro atoms. The van der Waals surface area contributed by atoms with E-state index in [1.54, 1.807) is 0 Å². The normalized spacial score (nSPS) is 18.2. The first-order chi connectivity index (χ1) is 9.67. The van der Waals surface area contributed by atoms with Gasteiger partial charge in [0.05, 0.1) is 11.6 Å². The minimum atomic E-state index is 0.456. The zero-order valence-electron chi connectivity index (χ0n) is 12.6. The molecule has 2 aromatic heterocycles. The predicted octanol–water partition coefficient (Wildman–Crippen LogP) is 4.05. The molecule has 3 rings (SSSR count). The molecule has 0 bridgehead atoms. The van der Waals surface area contributed by atoms with E-state index in [4.69, 9.17) is 16.6 Å². The van der Waals surface area contributed by atoms with Crippen molar-refractivity contribution in [2.24, 2.45) is 5.92 Å². The van der Waals surface area contributed by atoms with Crippen LogP contribution in [0, 0.1) is 12.8 Å². The summed E-state index contributed by atoms with van der Waals surface area (Å²) in [5.41, 5.74) is 3.18. The van der Waals surface area contributed by atoms with Crippen LogP contribution in [0.25, 0.3) is 11.2 Å². The van der Waals surface area contributed by atoms with Crippen molar-refractivity contribution in [1.29, 1.82) is 0 Å². The van der Waals surface area contributed by atoms with Crippen molar-refractivity contribution in [3.8, 4) is 0 Å². The van der Waals surface area contributed by atoms with Crippen LogP contribution in [0.3, 0.4) is 0 Å². The minimum Gasteiger partial charge on any atom is -0.309 e. The van der Waals surface area contributed by atoms with Crippen LogP contribution in [0.5, 0.6) is 0 Å². The van der Waals surface area contributed by atoms with Gasteiger partial charge in [0.2, 0.25) is 0 Å². The fourth-order valence-corrected chi connectivity index (χ4v) is 3.82. The molecule has 5 heteroatoms. The Hall–Kier alpha value is -1.03. The van der Waals surface area contributed by atoms with E-state index in [1.807, 2.05) is 6.92 Å². The largest absolute Gasteiger partial charge is 0.309 e. The number of halogens is 1. The van der Waals surface area contributed by atoms with E-state index in [9.17, 15) is 0 Å². The average Bonchev–Trinajstić information content (AvgIpc) is 3.14. The van der Waals surface area contributed by atoms with Crippen LogP contribution in [0.2, 0.25) is 0 Å². The Morgan fingerprint density at radius 3 is 2.65 bits per heavy atom. The lowest BCUT2D eigenvalue weighted by Crippen LogP contribution is -2.18. The summed E-state index contributed by atoms with van der Waals surface area (Å²) in [6, 6.07) is 0.456. The quantitative estimate of drug-likeness (QED) is 0.798. The number of nitrogens with zero attached hydrogens (tertiary/aromatic N) is 4. The van der Waals surface area contributed by atoms with Crippen molar-refractivity contribution < 1.29 is 0 Å². The SMILES string of the molecule is CCn1nc(C)c2nc(CCl)n(C(C)C3CCCC3)c21. The minimum absolute atomic E-state index is 0.456. The molecule has 20 heavy (non-hydrogen) atoms. The molecule has 0 aromatic carbocycles. The van der Waals surface area contributed by atoms with Crippen molar-refractivity contribution in [3.05, 3.63) is 11.5 Å². The predicted molar refractivity (Wildman–Crippen MR) is 82.2 cm³/mol. The molecule has 1 aliphatic rings. The molecule has 1 atom stereocenters. The first kappa shape index (κ1) is 13.9. The number of imidazole rings is 1. The van der Waals surface area contributed by atoms with Gasteiger partial charge < -0.3 is 4.57 Å². The summed E-state index contributed by atoms with van der Waals surface area (Å²) in [5, 5.41) is 4.60. The second-order valence-corrected chi connectivity index (χ2v) is 6.16. The Morgan fingerprint density at radius 1 is 1.35 bits per heavy atom. The molecule has 0 N–H and O–H groups in total. The molecule has 1 unspecified atom stereocenters. The number of alkyl halides is 1. The van der Waals surface area contributed by atoms with E-state index in [2.05, 4.69) is 28.2 Å². The highest BCUT2D eigenvalue weighted by molar-refractivity contribution is 6.16. The van der Waals surface area contributed by atoms with Crippen LogP contribution in [0.1, 0.15) is 57.1 Å². The molecule has 110 valence electrons. The number of hydrogen-bond acceptors (Lipinski definition) is 2. The molecule has 0 aliphatic heterocycles. The fourth-order valence-electron chi connectivity index (χ4n) is 3.63. The Balaban J connectivity index is 2.15. The molecular formula is C15H23ClN4. The highest BCUT2D eigenvalue weighted by Gasteiger charge is 2.28. The molecule has 2 aromatic rings. The monoisotopic (exact) mass is 294 g/mol. The molecule has 1 saturated carbocycles. The van der Waals surface area contributed by atoms with E-state index < -0.39 is 0 Å². The molecule has 0 radical (unpaired) electrons. The van der Waals surface area contributed by atoms with Gasteiger partial charge in [-0.15, -0.1) is 11.6 Å². The van der Waals surface area contributed by atoms with Crippen molar-refractivity contribution in [1.82, 2.24) is 19.3 Å². The third-order valence-electron chi connectivity index (χ3n) is 4.73. The van der Waals surface area contributed by atoms with Gasteiger partial charge in [-0.3, -0.25) is 0 Å². The van der Waals surface area contributed by atoms with Crippen LogP contribution in [-0.2, 0) is 12.4 Å². The maximum atomic E-state index is 6.15. The molecule has 1 fully saturated rings. The van der Waals surface area contributed by atoms with Crippen LogP contribution < -0.4 is 0 Å². The van der Waals surface area contributed by atoms with E-state index in [0.717, 1.165) is 35.1 Å². The van der Waals surface area contributed by atoms with Crippen molar-refractivity contribution >= 4 is 22.8 Å². The van der Waals surface area contributed by atoms with Crippen LogP contribution in [-0.4, -0.2) is 19.3 Å². The third kappa shape index (κ3) is 2.05. The Labute approximate surface area is 125 Å². The first-order valence-corrected chi connectivity index (χ1v) is 8.21. The average molecular weight is 295 g/mol. The van der Waals surface area contributed by atoms with Crippen molar-refractivity contribution in [2.75, 3.05) is 0 Å². The van der Waals surface area contributed by atoms with Gasteiger partial charge in [-0.2, -0.15) is 5.10 Å². The second kappa shape index (κ2) is 5.40. The molecular weight excluding hydrogens is 272 g/mol. The molecule has 4 nitrogen and oxygen atoms in total. The lowest BCUT2D eigenvalue weighted by atomic mass is 9.99. The van der Waals surface area contributed by atoms with Gasteiger partial charge in [-0.1, -0.05) is 12.8 Å². The van der Waals surface area contributed by atoms with Gasteiger partial charge in [-0.05, 0) is 39.5 Å². The van der Waals surface area contributed by atoms with Gasteiger partial charge in [-0.25, -0.2) is 9.67 Å². The lowest BCUT2D eigenvalue weighted by Gasteiger charge is -2.23. The topological polar surface area (TPSA) is 35.6 Å². The first-order valence-electron chi connectivity index (χ1n) is 7.67. The molecule has 0 amide bonds. The Bertz CT molecular complexity index is 607. The van der Waals surface area contributed by atoms with Crippen LogP contribution in [0.15, 0.2) is 0 Å². The highest BCUT2D eigenvalue weighted by Crippen LogP contribution is 2.37. The van der Waals surface area contributed by atoms with E-state index in [1.165, 1.54) is 25.7 Å². The second-order valence-electron chi connectivity index (χ2n) is 5.89. The summed E-state index contributed by atoms with van der Waals surface area (Å²) in [7, 11) is 0. The van der Waals surface area contributed by atoms with Gasteiger partial charge in [0.1, 0.15) is 11.3 Å². The Kier molecular flexibility index (Phi) is 3.76. The highest BCUT2D eigenvalue weighted by atomic mass is 35.5. The number of rotatable bonds is 4. The van der Waals surface area contributed by atoms with Crippen LogP contribution in [0.4, 0.5) is 0 Å². The Morgan fingerprint density at radius 2 is 2.05 bits per heavy atom. The summed E-state index contributed by atoms with van der Waals surface area (Å²) < 4.78 is 4.42. The number of aromatic nitrogens is 4. The smallest absolute Gasteiger partial charge is 0.159 e. The summed E-state index contributed by atoms with van der Waals surface area (Å²) in [6.45, 7) is 7.35. The van der Waals surface area contributed by atoms with Crippen molar-refractivity contribution in [3.63, 3.8) is 0 Å². The maximum Gasteiger partial charge on any atom is 0.159 e. The van der Waals surface area contributed by atoms with Gasteiger partial charge in [0.15, 0.2) is 5.65 Å². The summed E-state index contributed by atoms with van der Waals surface area (Å²) >= 11 is 6.15. The van der Waals surface area contributed by atoms with E-state index >= 15 is 0 Å². The summed E-state index contributed by atoms with van der Waals surface area (Å²) in [6.07, 6.45) is 5.36. The zero-order chi connectivity index (χ0) is 14.3. The fraction of sp³-hybridized carbons (Fsp3) is 0.733. The van der Waals surface area contributed by atoms with Crippen LogP contribution >= 0.6 is 11.6 Å². The number of aryl methyl sites for hydroxylation is 2. The van der Waals surface area contributed by atoms with Gasteiger partial charge >= 0.3 is 0 Å². The summed E-state index contributed by atoms with van der Waals surface area (Å²) in [4.78, 5) is 4.74. The van der Waals surface area contributed by atoms with Gasteiger partial charge in [0, 0.05) is 12.6 Å².